The lowest BCUT2D eigenvalue weighted by Gasteiger charge is -2.42. The van der Waals surface area contributed by atoms with Gasteiger partial charge in [-0.15, -0.1) is 0 Å². The van der Waals surface area contributed by atoms with E-state index >= 15 is 0 Å². The Morgan fingerprint density at radius 1 is 0.846 bits per heavy atom. The number of carbonyl (C=O) groups excluding carboxylic acids is 5. The van der Waals surface area contributed by atoms with Crippen molar-refractivity contribution in [2.75, 3.05) is 27.9 Å². The Hall–Kier alpha value is -3.33. The molecule has 3 aliphatic heterocycles. The minimum absolute atomic E-state index is 0.0304. The van der Waals surface area contributed by atoms with Gasteiger partial charge in [-0.1, -0.05) is 78.0 Å². The number of aliphatic hydroxyl groups is 2. The molecule has 0 spiro atoms. The Labute approximate surface area is 388 Å². The summed E-state index contributed by atoms with van der Waals surface area (Å²) in [4.78, 5) is 71.9. The van der Waals surface area contributed by atoms with Crippen LogP contribution in [-0.4, -0.2) is 121 Å². The van der Waals surface area contributed by atoms with Crippen LogP contribution in [0.1, 0.15) is 132 Å². The van der Waals surface area contributed by atoms with Crippen molar-refractivity contribution in [3.8, 4) is 0 Å². The summed E-state index contributed by atoms with van der Waals surface area (Å²) in [5, 5.41) is 23.4. The van der Waals surface area contributed by atoms with E-state index in [-0.39, 0.29) is 54.8 Å². The average molecular weight is 912 g/mol. The summed E-state index contributed by atoms with van der Waals surface area (Å²) in [6.45, 7) is 15.1. The number of esters is 1. The second-order valence-electron chi connectivity index (χ2n) is 20.0. The van der Waals surface area contributed by atoms with Gasteiger partial charge in [0.25, 0.3) is 11.7 Å². The van der Waals surface area contributed by atoms with Crippen molar-refractivity contribution in [3.63, 3.8) is 0 Å². The number of Topliss-reactive ketones (excluding diaryl/α,β-unsaturated/α-hetero) is 3. The molecule has 2 saturated heterocycles. The Balaban J connectivity index is 1.70. The lowest BCUT2D eigenvalue weighted by atomic mass is 9.76. The van der Waals surface area contributed by atoms with E-state index in [1.165, 1.54) is 12.0 Å². The van der Waals surface area contributed by atoms with E-state index < -0.39 is 77.8 Å². The van der Waals surface area contributed by atoms with E-state index in [4.69, 9.17) is 23.7 Å². The molecule has 65 heavy (non-hydrogen) atoms. The molecule has 4 rings (SSSR count). The highest BCUT2D eigenvalue weighted by Gasteiger charge is 2.53. The highest BCUT2D eigenvalue weighted by molar-refractivity contribution is 6.39. The molecule has 13 heteroatoms. The van der Waals surface area contributed by atoms with Gasteiger partial charge in [-0.05, 0) is 113 Å². The first-order chi connectivity index (χ1) is 30.7. The Bertz CT molecular complexity index is 1750. The zero-order chi connectivity index (χ0) is 48.2. The van der Waals surface area contributed by atoms with Gasteiger partial charge in [0, 0.05) is 58.5 Å². The second kappa shape index (κ2) is 25.2. The molecular formula is C52H81NO12. The van der Waals surface area contributed by atoms with Crippen LogP contribution in [0, 0.1) is 41.4 Å². The summed E-state index contributed by atoms with van der Waals surface area (Å²) in [6, 6.07) is -1.11. The average Bonchev–Trinajstić information content (AvgIpc) is 3.28. The topological polar surface area (TPSA) is 175 Å². The summed E-state index contributed by atoms with van der Waals surface area (Å²) < 4.78 is 29.7. The minimum atomic E-state index is -2.41. The van der Waals surface area contributed by atoms with Gasteiger partial charge < -0.3 is 38.8 Å². The van der Waals surface area contributed by atoms with Gasteiger partial charge in [0.15, 0.2) is 5.78 Å². The minimum Gasteiger partial charge on any atom is -0.460 e. The fourth-order valence-corrected chi connectivity index (χ4v) is 10.4. The lowest BCUT2D eigenvalue weighted by Crippen LogP contribution is -2.61. The molecule has 3 heterocycles. The van der Waals surface area contributed by atoms with Crippen LogP contribution < -0.4 is 0 Å². The van der Waals surface area contributed by atoms with Crippen LogP contribution in [0.25, 0.3) is 0 Å². The van der Waals surface area contributed by atoms with Crippen molar-refractivity contribution in [3.05, 3.63) is 47.6 Å². The first-order valence-electron chi connectivity index (χ1n) is 24.2. The molecule has 366 valence electrons. The first kappa shape index (κ1) is 54.3. The third-order valence-electron chi connectivity index (χ3n) is 14.8. The summed E-state index contributed by atoms with van der Waals surface area (Å²) in [6.07, 6.45) is 13.6. The van der Waals surface area contributed by atoms with Crippen LogP contribution in [-0.2, 0) is 47.7 Å². The maximum atomic E-state index is 14.4. The molecule has 1 aliphatic carbocycles. The smallest absolute Gasteiger partial charge is 0.329 e. The van der Waals surface area contributed by atoms with Gasteiger partial charge in [0.1, 0.15) is 30.1 Å². The number of rotatable bonds is 6. The SMILES string of the molecule is COC1C[C@@H]2CCC(C)[C@@](O)(O2)C(=O)C(=O)N2CCCC[C@H]2C(=O)O[C@H](C(C)CC2CC[C@H](C)[C@H](OC)C2)CC(=O)[C@H](C)/C=C(\C)[C@@H](O)[C@@H](OC)C(=O)[C@@H](C)CC(C)/C=C/C=C/C=C/1C. The molecule has 3 fully saturated rings. The van der Waals surface area contributed by atoms with Crippen molar-refractivity contribution in [1.29, 1.82) is 0 Å². The molecule has 1 saturated carbocycles. The number of nitrogens with zero attached hydrogens (tertiary/aromatic N) is 1. The van der Waals surface area contributed by atoms with E-state index in [1.54, 1.807) is 41.1 Å². The normalized spacial score (nSPS) is 40.4. The van der Waals surface area contributed by atoms with Gasteiger partial charge in [-0.25, -0.2) is 4.79 Å². The maximum absolute atomic E-state index is 14.4. The molecule has 0 radical (unpaired) electrons. The zero-order valence-electron chi connectivity index (χ0n) is 41.2. The number of piperidine rings is 1. The number of amides is 1. The van der Waals surface area contributed by atoms with Gasteiger partial charge in [0.05, 0.1) is 18.3 Å². The molecule has 15 atom stereocenters. The quantitative estimate of drug-likeness (QED) is 0.153. The first-order valence-corrected chi connectivity index (χ1v) is 24.2. The Kier molecular flexibility index (Phi) is 21.0. The molecule has 4 aliphatic rings. The molecule has 1 amide bonds. The fraction of sp³-hybridized carbons (Fsp3) is 0.750. The van der Waals surface area contributed by atoms with Crippen LogP contribution in [0.4, 0.5) is 0 Å². The van der Waals surface area contributed by atoms with Crippen molar-refractivity contribution < 1.29 is 57.9 Å². The fourth-order valence-electron chi connectivity index (χ4n) is 10.4. The third-order valence-corrected chi connectivity index (χ3v) is 14.8. The van der Waals surface area contributed by atoms with Crippen molar-refractivity contribution >= 4 is 29.2 Å². The van der Waals surface area contributed by atoms with Crippen molar-refractivity contribution in [1.82, 2.24) is 4.90 Å². The number of hydrogen-bond acceptors (Lipinski definition) is 12. The molecule has 5 unspecified atom stereocenters. The van der Waals surface area contributed by atoms with Crippen LogP contribution in [0.5, 0.6) is 0 Å². The largest absolute Gasteiger partial charge is 0.460 e. The number of aliphatic hydroxyl groups excluding tert-OH is 1. The van der Waals surface area contributed by atoms with Crippen LogP contribution in [0.15, 0.2) is 47.6 Å². The number of carbonyl (C=O) groups is 5. The Morgan fingerprint density at radius 3 is 2.25 bits per heavy atom. The third kappa shape index (κ3) is 14.3. The van der Waals surface area contributed by atoms with E-state index in [9.17, 15) is 34.2 Å². The standard InChI is InChI=1S/C52H81NO12/c1-31-17-13-12-14-18-32(2)44(62-10)29-40-23-21-38(8)52(60,65-40)49(57)50(58)53-24-16-15-19-41(53)51(59)64-45(35(5)27-39-22-20-33(3)43(28-39)61-9)30-42(54)34(4)26-37(7)47(56)48(63-11)46(55)36(6)25-31/h12-14,17-18,26,31,33-36,38-41,43-45,47-48,56,60H,15-16,19-25,27-30H2,1-11H3/b14-12+,17-13+,32-18+,37-26+/t31?,33-,34+,35?,36-,38?,39?,40-,41-,43+,44?,45-,47+,48-,52+/m0/s1. The number of allylic oxidation sites excluding steroid dienone is 6. The van der Waals surface area contributed by atoms with E-state index in [0.29, 0.717) is 56.4 Å². The number of ketones is 3. The predicted octanol–water partition coefficient (Wildman–Crippen LogP) is 7.46. The lowest BCUT2D eigenvalue weighted by molar-refractivity contribution is -0.265. The van der Waals surface area contributed by atoms with Crippen LogP contribution in [0.3, 0.4) is 0 Å². The van der Waals surface area contributed by atoms with Crippen LogP contribution >= 0.6 is 0 Å². The molecule has 2 bridgehead atoms. The van der Waals surface area contributed by atoms with E-state index in [0.717, 1.165) is 24.8 Å². The number of hydrogen-bond donors (Lipinski definition) is 2. The highest BCUT2D eigenvalue weighted by atomic mass is 16.6. The number of ether oxygens (including phenoxy) is 5. The van der Waals surface area contributed by atoms with E-state index in [2.05, 4.69) is 6.92 Å². The van der Waals surface area contributed by atoms with Gasteiger partial charge >= 0.3 is 5.97 Å². The summed E-state index contributed by atoms with van der Waals surface area (Å²) in [5.74, 6) is -7.07. The molecule has 2 N–H and O–H groups in total. The predicted molar refractivity (Wildman–Crippen MR) is 248 cm³/mol. The zero-order valence-corrected chi connectivity index (χ0v) is 41.2. The molecule has 0 aromatic carbocycles. The van der Waals surface area contributed by atoms with E-state index in [1.807, 2.05) is 58.1 Å². The molecule has 0 aromatic rings. The summed E-state index contributed by atoms with van der Waals surface area (Å²) >= 11 is 0. The molecule has 13 nitrogen and oxygen atoms in total. The number of fused-ring (bicyclic) bond motifs is 3. The van der Waals surface area contributed by atoms with Crippen molar-refractivity contribution in [2.45, 2.75) is 181 Å². The Morgan fingerprint density at radius 2 is 1.57 bits per heavy atom. The van der Waals surface area contributed by atoms with Crippen LogP contribution in [0.2, 0.25) is 0 Å². The molecular weight excluding hydrogens is 831 g/mol. The second-order valence-corrected chi connectivity index (χ2v) is 20.0. The maximum Gasteiger partial charge on any atom is 0.329 e. The summed E-state index contributed by atoms with van der Waals surface area (Å²) in [7, 11) is 4.70. The highest BCUT2D eigenvalue weighted by Crippen LogP contribution is 2.38. The van der Waals surface area contributed by atoms with Crippen molar-refractivity contribution in [2.24, 2.45) is 41.4 Å². The number of methoxy groups -OCH3 is 3. The number of cyclic esters (lactones) is 1. The van der Waals surface area contributed by atoms with Gasteiger partial charge in [-0.3, -0.25) is 19.2 Å². The van der Waals surface area contributed by atoms with Gasteiger partial charge in [0.2, 0.25) is 5.79 Å². The summed E-state index contributed by atoms with van der Waals surface area (Å²) in [5.41, 5.74) is 1.30. The van der Waals surface area contributed by atoms with Gasteiger partial charge in [-0.2, -0.15) is 0 Å². The monoisotopic (exact) mass is 912 g/mol. The molecule has 0 aromatic heterocycles.